The summed E-state index contributed by atoms with van der Waals surface area (Å²) >= 11 is 3.37. The first-order valence-electron chi connectivity index (χ1n) is 8.58. The number of para-hydroxylation sites is 2. The van der Waals surface area contributed by atoms with Crippen molar-refractivity contribution in [1.29, 1.82) is 0 Å². The quantitative estimate of drug-likeness (QED) is 0.594. The molecular formula is C18H20N4O2S2. The number of nitrogens with zero attached hydrogens (tertiary/aromatic N) is 4. The molecule has 0 saturated carbocycles. The molecule has 0 saturated heterocycles. The molecule has 4 rings (SSSR count). The predicted octanol–water partition coefficient (Wildman–Crippen LogP) is 4.03. The van der Waals surface area contributed by atoms with Crippen LogP contribution in [0.5, 0.6) is 11.5 Å². The van der Waals surface area contributed by atoms with Crippen molar-refractivity contribution >= 4 is 23.1 Å². The van der Waals surface area contributed by atoms with Gasteiger partial charge in [-0.15, -0.1) is 21.5 Å². The predicted molar refractivity (Wildman–Crippen MR) is 102 cm³/mol. The molecule has 0 N–H and O–H groups in total. The molecule has 0 radical (unpaired) electrons. The third-order valence-corrected chi connectivity index (χ3v) is 6.09. The van der Waals surface area contributed by atoms with Gasteiger partial charge in [-0.3, -0.25) is 0 Å². The molecule has 26 heavy (non-hydrogen) atoms. The Hall–Kier alpha value is -2.06. The largest absolute Gasteiger partial charge is 0.485 e. The van der Waals surface area contributed by atoms with Gasteiger partial charge in [-0.1, -0.05) is 30.8 Å². The van der Waals surface area contributed by atoms with Crippen LogP contribution in [0.4, 0.5) is 0 Å². The molecule has 0 aliphatic carbocycles. The number of thiazole rings is 1. The summed E-state index contributed by atoms with van der Waals surface area (Å²) in [7, 11) is 1.96. The second-order valence-corrected chi connectivity index (χ2v) is 7.92. The summed E-state index contributed by atoms with van der Waals surface area (Å²) in [6.45, 7) is 2.60. The van der Waals surface area contributed by atoms with Gasteiger partial charge in [0.25, 0.3) is 0 Å². The van der Waals surface area contributed by atoms with E-state index in [0.717, 1.165) is 46.8 Å². The third kappa shape index (κ3) is 3.57. The lowest BCUT2D eigenvalue weighted by Gasteiger charge is -2.25. The number of hydrogen-bond acceptors (Lipinski definition) is 7. The minimum absolute atomic E-state index is 0.257. The highest BCUT2D eigenvalue weighted by molar-refractivity contribution is 7.98. The van der Waals surface area contributed by atoms with E-state index in [0.29, 0.717) is 6.61 Å². The molecular weight excluding hydrogens is 368 g/mol. The molecule has 136 valence electrons. The topological polar surface area (TPSA) is 62.1 Å². The van der Waals surface area contributed by atoms with Crippen molar-refractivity contribution in [2.24, 2.45) is 7.05 Å². The summed E-state index contributed by atoms with van der Waals surface area (Å²) in [6, 6.07) is 7.68. The van der Waals surface area contributed by atoms with Crippen LogP contribution in [0.15, 0.2) is 34.8 Å². The highest BCUT2D eigenvalue weighted by atomic mass is 32.2. The summed E-state index contributed by atoms with van der Waals surface area (Å²) in [5.41, 5.74) is 1.10. The maximum absolute atomic E-state index is 6.04. The van der Waals surface area contributed by atoms with Crippen LogP contribution in [0, 0.1) is 0 Å². The first-order valence-corrected chi connectivity index (χ1v) is 10.4. The second-order valence-electron chi connectivity index (χ2n) is 6.04. The molecule has 0 amide bonds. The molecule has 0 spiro atoms. The standard InChI is InChI=1S/C18H20N4O2S2/c1-3-6-16-19-12(10-25-16)11-26-18-21-20-17(22(18)2)15-9-23-13-7-4-5-8-14(13)24-15/h4-5,7-8,10,15H,3,6,9,11H2,1-2H3. The SMILES string of the molecule is CCCc1nc(CSc2nnc(C3COc4ccccc4O3)n2C)cs1. The van der Waals surface area contributed by atoms with E-state index in [1.54, 1.807) is 23.1 Å². The number of thioether (sulfide) groups is 1. The molecule has 1 aliphatic rings. The summed E-state index contributed by atoms with van der Waals surface area (Å²) in [5.74, 6) is 3.07. The van der Waals surface area contributed by atoms with Crippen LogP contribution in [-0.4, -0.2) is 26.4 Å². The van der Waals surface area contributed by atoms with Crippen LogP contribution in [0.3, 0.4) is 0 Å². The van der Waals surface area contributed by atoms with E-state index < -0.39 is 0 Å². The molecule has 8 heteroatoms. The molecule has 1 aliphatic heterocycles. The molecule has 6 nitrogen and oxygen atoms in total. The summed E-state index contributed by atoms with van der Waals surface area (Å²) < 4.78 is 13.8. The zero-order valence-electron chi connectivity index (χ0n) is 14.7. The van der Waals surface area contributed by atoms with Gasteiger partial charge in [0.1, 0.15) is 6.61 Å². The van der Waals surface area contributed by atoms with Gasteiger partial charge in [-0.05, 0) is 25.0 Å². The van der Waals surface area contributed by atoms with E-state index >= 15 is 0 Å². The van der Waals surface area contributed by atoms with E-state index in [2.05, 4.69) is 27.5 Å². The Balaban J connectivity index is 1.43. The van der Waals surface area contributed by atoms with Crippen molar-refractivity contribution in [2.45, 2.75) is 36.8 Å². The number of rotatable bonds is 6. The van der Waals surface area contributed by atoms with Gasteiger partial charge in [0, 0.05) is 18.2 Å². The average molecular weight is 389 g/mol. The fourth-order valence-electron chi connectivity index (χ4n) is 2.76. The van der Waals surface area contributed by atoms with Crippen LogP contribution in [0.25, 0.3) is 0 Å². The number of aryl methyl sites for hydroxylation is 1. The minimum atomic E-state index is -0.257. The van der Waals surface area contributed by atoms with Crippen molar-refractivity contribution in [2.75, 3.05) is 6.61 Å². The Kier molecular flexibility index (Phi) is 5.12. The van der Waals surface area contributed by atoms with E-state index in [1.165, 1.54) is 5.01 Å². The minimum Gasteiger partial charge on any atom is -0.485 e. The Morgan fingerprint density at radius 2 is 2.12 bits per heavy atom. The Morgan fingerprint density at radius 3 is 2.96 bits per heavy atom. The smallest absolute Gasteiger partial charge is 0.192 e. The molecule has 2 aromatic heterocycles. The number of fused-ring (bicyclic) bond motifs is 1. The van der Waals surface area contributed by atoms with E-state index in [9.17, 15) is 0 Å². The zero-order valence-corrected chi connectivity index (χ0v) is 16.3. The van der Waals surface area contributed by atoms with Crippen LogP contribution in [-0.2, 0) is 19.2 Å². The van der Waals surface area contributed by atoms with Crippen molar-refractivity contribution < 1.29 is 9.47 Å². The first kappa shape index (κ1) is 17.4. The van der Waals surface area contributed by atoms with Crippen molar-refractivity contribution in [3.63, 3.8) is 0 Å². The molecule has 3 aromatic rings. The van der Waals surface area contributed by atoms with Gasteiger partial charge in [-0.25, -0.2) is 4.98 Å². The molecule has 1 aromatic carbocycles. The van der Waals surface area contributed by atoms with Crippen LogP contribution >= 0.6 is 23.1 Å². The third-order valence-electron chi connectivity index (χ3n) is 4.08. The highest BCUT2D eigenvalue weighted by Gasteiger charge is 2.27. The summed E-state index contributed by atoms with van der Waals surface area (Å²) in [6.07, 6.45) is 1.91. The van der Waals surface area contributed by atoms with Gasteiger partial charge < -0.3 is 14.0 Å². The lowest BCUT2D eigenvalue weighted by atomic mass is 10.2. The summed E-state index contributed by atoms with van der Waals surface area (Å²) in [5, 5.41) is 12.8. The number of ether oxygens (including phenoxy) is 2. The zero-order chi connectivity index (χ0) is 17.9. The van der Waals surface area contributed by atoms with Gasteiger partial charge in [-0.2, -0.15) is 0 Å². The maximum Gasteiger partial charge on any atom is 0.192 e. The monoisotopic (exact) mass is 388 g/mol. The van der Waals surface area contributed by atoms with Crippen LogP contribution in [0.2, 0.25) is 0 Å². The van der Waals surface area contributed by atoms with Gasteiger partial charge >= 0.3 is 0 Å². The Bertz CT molecular complexity index is 893. The van der Waals surface area contributed by atoms with Gasteiger partial charge in [0.15, 0.2) is 28.6 Å². The van der Waals surface area contributed by atoms with E-state index in [4.69, 9.17) is 9.47 Å². The fourth-order valence-corrected chi connectivity index (χ4v) is 4.58. The molecule has 1 atom stereocenters. The van der Waals surface area contributed by atoms with Gasteiger partial charge in [0.2, 0.25) is 0 Å². The van der Waals surface area contributed by atoms with Crippen molar-refractivity contribution in [3.05, 3.63) is 46.2 Å². The lowest BCUT2D eigenvalue weighted by molar-refractivity contribution is 0.0825. The molecule has 0 fully saturated rings. The van der Waals surface area contributed by atoms with Crippen LogP contribution in [0.1, 0.15) is 36.0 Å². The number of aromatic nitrogens is 4. The Morgan fingerprint density at radius 1 is 1.27 bits per heavy atom. The van der Waals surface area contributed by atoms with E-state index in [-0.39, 0.29) is 6.10 Å². The normalized spacial score (nSPS) is 16.0. The number of benzene rings is 1. The Labute approximate surface area is 160 Å². The lowest BCUT2D eigenvalue weighted by Crippen LogP contribution is -2.24. The number of hydrogen-bond donors (Lipinski definition) is 0. The van der Waals surface area contributed by atoms with Crippen molar-refractivity contribution in [3.8, 4) is 11.5 Å². The van der Waals surface area contributed by atoms with Crippen molar-refractivity contribution in [1.82, 2.24) is 19.7 Å². The average Bonchev–Trinajstić information content (AvgIpc) is 3.26. The van der Waals surface area contributed by atoms with E-state index in [1.807, 2.05) is 35.9 Å². The maximum atomic E-state index is 6.04. The second kappa shape index (κ2) is 7.67. The van der Waals surface area contributed by atoms with Crippen LogP contribution < -0.4 is 9.47 Å². The molecule has 3 heterocycles. The first-order chi connectivity index (χ1) is 12.7. The summed E-state index contributed by atoms with van der Waals surface area (Å²) in [4.78, 5) is 4.66. The molecule has 1 unspecified atom stereocenters. The van der Waals surface area contributed by atoms with Gasteiger partial charge in [0.05, 0.1) is 10.7 Å². The highest BCUT2D eigenvalue weighted by Crippen LogP contribution is 2.36. The fraction of sp³-hybridized carbons (Fsp3) is 0.389. The molecule has 0 bridgehead atoms.